The molecule has 1 amide bonds. The number of anilines is 2. The van der Waals surface area contributed by atoms with Gasteiger partial charge in [0.25, 0.3) is 0 Å². The van der Waals surface area contributed by atoms with Crippen LogP contribution < -0.4 is 15.0 Å². The quantitative estimate of drug-likeness (QED) is 0.370. The van der Waals surface area contributed by atoms with Gasteiger partial charge in [0.2, 0.25) is 0 Å². The second-order valence-corrected chi connectivity index (χ2v) is 10.6. The molecule has 0 spiro atoms. The number of nitrogens with zero attached hydrogens (tertiary/aromatic N) is 3. The molecule has 194 valence electrons. The molecule has 1 aliphatic rings. The highest BCUT2D eigenvalue weighted by atomic mass is 32.2. The number of sulfone groups is 1. The number of hydrogen-bond acceptors (Lipinski definition) is 8. The molecule has 0 aliphatic carbocycles. The van der Waals surface area contributed by atoms with Gasteiger partial charge >= 0.3 is 6.09 Å². The van der Waals surface area contributed by atoms with E-state index in [0.29, 0.717) is 60.6 Å². The van der Waals surface area contributed by atoms with Crippen molar-refractivity contribution in [2.24, 2.45) is 0 Å². The van der Waals surface area contributed by atoms with E-state index in [1.165, 1.54) is 0 Å². The summed E-state index contributed by atoms with van der Waals surface area (Å²) in [6, 6.07) is 25.8. The van der Waals surface area contributed by atoms with E-state index in [-0.39, 0.29) is 10.6 Å². The van der Waals surface area contributed by atoms with Gasteiger partial charge in [0.05, 0.1) is 29.6 Å². The van der Waals surface area contributed by atoms with Crippen LogP contribution in [0, 0.1) is 0 Å². The fraction of sp³-hybridized carbons (Fsp3) is 0.179. The topological polar surface area (TPSA) is 111 Å². The van der Waals surface area contributed by atoms with E-state index < -0.39 is 15.9 Å². The van der Waals surface area contributed by atoms with Gasteiger partial charge in [-0.25, -0.2) is 23.2 Å². The van der Waals surface area contributed by atoms with Crippen molar-refractivity contribution >= 4 is 27.4 Å². The highest BCUT2D eigenvalue weighted by molar-refractivity contribution is 7.90. The highest BCUT2D eigenvalue weighted by Crippen LogP contribution is 2.25. The van der Waals surface area contributed by atoms with Gasteiger partial charge in [0.1, 0.15) is 11.6 Å². The van der Waals surface area contributed by atoms with E-state index in [1.807, 2.05) is 6.07 Å². The number of hydrogen-bond donors (Lipinski definition) is 1. The maximum Gasteiger partial charge on any atom is 0.417 e. The smallest absolute Gasteiger partial charge is 0.410 e. The van der Waals surface area contributed by atoms with Crippen LogP contribution >= 0.6 is 0 Å². The Labute approximate surface area is 221 Å². The SMILES string of the molecule is O=C(Nc1ccc(-c2nc(CS(=O)(=O)c3ccccc3)cc(N3CCOCC3)n2)cc1)Oc1ccccc1. The lowest BCUT2D eigenvalue weighted by Gasteiger charge is -2.28. The Morgan fingerprint density at radius 1 is 0.895 bits per heavy atom. The maximum absolute atomic E-state index is 13.1. The molecule has 0 saturated carbocycles. The molecule has 3 aromatic carbocycles. The molecule has 38 heavy (non-hydrogen) atoms. The standard InChI is InChI=1S/C28H26N4O5S/c33-28(37-24-7-3-1-4-8-24)30-22-13-11-21(12-14-22)27-29-23(19-26(31-27)32-15-17-36-18-16-32)20-38(34,35)25-9-5-2-6-10-25/h1-14,19H,15-18,20H2,(H,30,33). The zero-order valence-electron chi connectivity index (χ0n) is 20.5. The van der Waals surface area contributed by atoms with Gasteiger partial charge in [-0.05, 0) is 48.5 Å². The molecule has 0 bridgehead atoms. The van der Waals surface area contributed by atoms with Crippen LogP contribution in [0.15, 0.2) is 95.9 Å². The number of rotatable bonds is 7. The zero-order chi connectivity index (χ0) is 26.4. The molecule has 1 N–H and O–H groups in total. The summed E-state index contributed by atoms with van der Waals surface area (Å²) in [5.74, 6) is 1.22. The Balaban J connectivity index is 1.39. The second-order valence-electron chi connectivity index (χ2n) is 8.62. The van der Waals surface area contributed by atoms with Crippen LogP contribution in [-0.4, -0.2) is 50.8 Å². The lowest BCUT2D eigenvalue weighted by atomic mass is 10.2. The van der Waals surface area contributed by atoms with Gasteiger partial charge in [-0.3, -0.25) is 5.32 Å². The Morgan fingerprint density at radius 2 is 1.55 bits per heavy atom. The van der Waals surface area contributed by atoms with Crippen molar-refractivity contribution in [3.63, 3.8) is 0 Å². The van der Waals surface area contributed by atoms with Crippen molar-refractivity contribution < 1.29 is 22.7 Å². The third kappa shape index (κ3) is 6.34. The number of carbonyl (C=O) groups is 1. The lowest BCUT2D eigenvalue weighted by molar-refractivity contribution is 0.122. The molecule has 0 atom stereocenters. The molecule has 4 aromatic rings. The van der Waals surface area contributed by atoms with E-state index in [4.69, 9.17) is 14.5 Å². The normalized spacial score (nSPS) is 13.6. The molecule has 1 aromatic heterocycles. The Bertz CT molecular complexity index is 1490. The number of para-hydroxylation sites is 1. The van der Waals surface area contributed by atoms with Crippen LogP contribution in [0.3, 0.4) is 0 Å². The first-order valence-electron chi connectivity index (χ1n) is 12.1. The van der Waals surface area contributed by atoms with Crippen molar-refractivity contribution in [3.8, 4) is 17.1 Å². The van der Waals surface area contributed by atoms with Gasteiger partial charge in [-0.1, -0.05) is 36.4 Å². The summed E-state index contributed by atoms with van der Waals surface area (Å²) in [6.07, 6.45) is -0.608. The van der Waals surface area contributed by atoms with Gasteiger partial charge < -0.3 is 14.4 Å². The van der Waals surface area contributed by atoms with Crippen molar-refractivity contribution in [1.29, 1.82) is 0 Å². The van der Waals surface area contributed by atoms with E-state index in [1.54, 1.807) is 84.9 Å². The molecule has 1 fully saturated rings. The van der Waals surface area contributed by atoms with Crippen LogP contribution in [0.4, 0.5) is 16.3 Å². The Kier molecular flexibility index (Phi) is 7.62. The van der Waals surface area contributed by atoms with E-state index in [9.17, 15) is 13.2 Å². The molecule has 5 rings (SSSR count). The maximum atomic E-state index is 13.1. The number of carbonyl (C=O) groups excluding carboxylic acids is 1. The minimum atomic E-state index is -3.60. The predicted molar refractivity (Wildman–Crippen MR) is 144 cm³/mol. The van der Waals surface area contributed by atoms with Crippen molar-refractivity contribution in [1.82, 2.24) is 9.97 Å². The van der Waals surface area contributed by atoms with Gasteiger partial charge in [-0.2, -0.15) is 0 Å². The minimum Gasteiger partial charge on any atom is -0.410 e. The molecule has 0 unspecified atom stereocenters. The minimum absolute atomic E-state index is 0.242. The Hall–Kier alpha value is -4.28. The van der Waals surface area contributed by atoms with Crippen LogP contribution in [0.2, 0.25) is 0 Å². The number of benzene rings is 3. The fourth-order valence-corrected chi connectivity index (χ4v) is 5.26. The number of ether oxygens (including phenoxy) is 2. The summed E-state index contributed by atoms with van der Waals surface area (Å²) < 4.78 is 36.9. The zero-order valence-corrected chi connectivity index (χ0v) is 21.3. The summed E-state index contributed by atoms with van der Waals surface area (Å²) in [4.78, 5) is 23.8. The summed E-state index contributed by atoms with van der Waals surface area (Å²) in [6.45, 7) is 2.42. The number of nitrogens with one attached hydrogen (secondary N) is 1. The molecule has 0 radical (unpaired) electrons. The Morgan fingerprint density at radius 3 is 2.24 bits per heavy atom. The number of morpholine rings is 1. The average Bonchev–Trinajstić information content (AvgIpc) is 2.94. The number of amides is 1. The third-order valence-electron chi connectivity index (χ3n) is 5.88. The van der Waals surface area contributed by atoms with Crippen LogP contribution in [0.5, 0.6) is 5.75 Å². The van der Waals surface area contributed by atoms with Crippen molar-refractivity contribution in [2.45, 2.75) is 10.6 Å². The fourth-order valence-electron chi connectivity index (χ4n) is 3.99. The first-order chi connectivity index (χ1) is 18.5. The van der Waals surface area contributed by atoms with Gasteiger partial charge in [0.15, 0.2) is 15.7 Å². The molecule has 10 heteroatoms. The highest BCUT2D eigenvalue weighted by Gasteiger charge is 2.20. The van der Waals surface area contributed by atoms with Gasteiger partial charge in [-0.15, -0.1) is 0 Å². The summed E-state index contributed by atoms with van der Waals surface area (Å²) >= 11 is 0. The first-order valence-corrected chi connectivity index (χ1v) is 13.7. The van der Waals surface area contributed by atoms with Crippen LogP contribution in [0.25, 0.3) is 11.4 Å². The van der Waals surface area contributed by atoms with Crippen LogP contribution in [0.1, 0.15) is 5.69 Å². The van der Waals surface area contributed by atoms with Crippen molar-refractivity contribution in [2.75, 3.05) is 36.5 Å². The average molecular weight is 531 g/mol. The lowest BCUT2D eigenvalue weighted by Crippen LogP contribution is -2.37. The molecule has 2 heterocycles. The summed E-state index contributed by atoms with van der Waals surface area (Å²) in [5, 5.41) is 2.69. The van der Waals surface area contributed by atoms with E-state index in [0.717, 1.165) is 0 Å². The van der Waals surface area contributed by atoms with E-state index in [2.05, 4.69) is 15.2 Å². The molecule has 1 aliphatic heterocycles. The molecule has 1 saturated heterocycles. The first kappa shape index (κ1) is 25.4. The van der Waals surface area contributed by atoms with E-state index >= 15 is 0 Å². The van der Waals surface area contributed by atoms with Crippen LogP contribution in [-0.2, 0) is 20.3 Å². The third-order valence-corrected chi connectivity index (χ3v) is 7.55. The molecular formula is C28H26N4O5S. The number of aromatic nitrogens is 2. The monoisotopic (exact) mass is 530 g/mol. The predicted octanol–water partition coefficient (Wildman–Crippen LogP) is 4.57. The second kappa shape index (κ2) is 11.4. The summed E-state index contributed by atoms with van der Waals surface area (Å²) in [5.41, 5.74) is 1.61. The molecular weight excluding hydrogens is 504 g/mol. The largest absolute Gasteiger partial charge is 0.417 e. The van der Waals surface area contributed by atoms with Crippen molar-refractivity contribution in [3.05, 3.63) is 96.7 Å². The van der Waals surface area contributed by atoms with Gasteiger partial charge in [0, 0.05) is 30.4 Å². The summed E-state index contributed by atoms with van der Waals surface area (Å²) in [7, 11) is -3.60. The molecule has 9 nitrogen and oxygen atoms in total.